The van der Waals surface area contributed by atoms with E-state index >= 15 is 0 Å². The maximum Gasteiger partial charge on any atom is 0.253 e. The molecule has 0 aromatic heterocycles. The number of quaternary nitrogens is 1. The molecule has 0 aliphatic heterocycles. The summed E-state index contributed by atoms with van der Waals surface area (Å²) in [6.45, 7) is 0.550. The largest absolute Gasteiger partial charge is 0.346 e. The van der Waals surface area contributed by atoms with Crippen LogP contribution in [-0.2, 0) is 0 Å². The maximum absolute atomic E-state index is 12.4. The smallest absolute Gasteiger partial charge is 0.253 e. The van der Waals surface area contributed by atoms with Crippen LogP contribution in [0.1, 0.15) is 22.0 Å². The van der Waals surface area contributed by atoms with Gasteiger partial charge in [0.05, 0.1) is 31.2 Å². The van der Waals surface area contributed by atoms with Gasteiger partial charge in [0.15, 0.2) is 0 Å². The topological polar surface area (TPSA) is 33.5 Å². The number of rotatable bonds is 5. The van der Waals surface area contributed by atoms with Gasteiger partial charge in [-0.3, -0.25) is 4.79 Å². The van der Waals surface area contributed by atoms with Crippen molar-refractivity contribution in [3.8, 4) is 0 Å². The van der Waals surface area contributed by atoms with Crippen LogP contribution in [0.4, 0.5) is 0 Å². The first-order chi connectivity index (χ1) is 10.5. The van der Waals surface area contributed by atoms with Gasteiger partial charge in [-0.25, -0.2) is 0 Å². The normalized spacial score (nSPS) is 12.2. The second kappa shape index (κ2) is 7.77. The molecule has 0 spiro atoms. The number of nitrogens with one attached hydrogen (secondary N) is 2. The lowest BCUT2D eigenvalue weighted by atomic mass is 10.1. The van der Waals surface area contributed by atoms with Gasteiger partial charge < -0.3 is 10.2 Å². The first-order valence-corrected chi connectivity index (χ1v) is 8.24. The minimum absolute atomic E-state index is 0.159. The Bertz CT molecular complexity index is 646. The van der Waals surface area contributed by atoms with Gasteiger partial charge in [0.2, 0.25) is 0 Å². The van der Waals surface area contributed by atoms with Gasteiger partial charge in [-0.2, -0.15) is 0 Å². The third-order valence-electron chi connectivity index (χ3n) is 3.54. The molecule has 5 heteroatoms. The van der Waals surface area contributed by atoms with Crippen molar-refractivity contribution in [2.24, 2.45) is 0 Å². The Balaban J connectivity index is 2.10. The Labute approximate surface area is 144 Å². The van der Waals surface area contributed by atoms with Crippen LogP contribution in [0.3, 0.4) is 0 Å². The van der Waals surface area contributed by atoms with Gasteiger partial charge >= 0.3 is 0 Å². The third kappa shape index (κ3) is 4.32. The van der Waals surface area contributed by atoms with Gasteiger partial charge in [0.25, 0.3) is 5.91 Å². The molecular formula is C17H19BrClN2O+. The van der Waals surface area contributed by atoms with Gasteiger partial charge in [-0.15, -0.1) is 0 Å². The number of likely N-dealkylation sites (N-methyl/N-ethyl adjacent to an activating group) is 1. The molecule has 2 N–H and O–H groups in total. The molecule has 3 nitrogen and oxygen atoms in total. The Morgan fingerprint density at radius 2 is 1.91 bits per heavy atom. The van der Waals surface area contributed by atoms with E-state index in [0.717, 1.165) is 4.47 Å². The zero-order chi connectivity index (χ0) is 16.1. The summed E-state index contributed by atoms with van der Waals surface area (Å²) < 4.78 is 0.833. The number of amides is 1. The fourth-order valence-electron chi connectivity index (χ4n) is 2.30. The molecule has 2 rings (SSSR count). The fraction of sp³-hybridized carbons (Fsp3) is 0.235. The maximum atomic E-state index is 12.4. The van der Waals surface area contributed by atoms with Crippen molar-refractivity contribution in [3.05, 3.63) is 69.2 Å². The average molecular weight is 383 g/mol. The van der Waals surface area contributed by atoms with E-state index in [1.807, 2.05) is 24.3 Å². The lowest BCUT2D eigenvalue weighted by Crippen LogP contribution is -3.07. The van der Waals surface area contributed by atoms with Gasteiger partial charge in [-0.1, -0.05) is 57.9 Å². The molecule has 2 aromatic rings. The number of carbonyl (C=O) groups excluding carboxylic acids is 1. The van der Waals surface area contributed by atoms with Crippen LogP contribution in [-0.4, -0.2) is 26.5 Å². The van der Waals surface area contributed by atoms with Crippen LogP contribution >= 0.6 is 27.5 Å². The molecule has 0 saturated carbocycles. The van der Waals surface area contributed by atoms with Crippen molar-refractivity contribution >= 4 is 33.4 Å². The Morgan fingerprint density at radius 3 is 2.55 bits per heavy atom. The van der Waals surface area contributed by atoms with Crippen molar-refractivity contribution in [2.45, 2.75) is 6.04 Å². The minimum Gasteiger partial charge on any atom is -0.346 e. The first-order valence-electron chi connectivity index (χ1n) is 7.07. The summed E-state index contributed by atoms with van der Waals surface area (Å²) >= 11 is 9.46. The van der Waals surface area contributed by atoms with E-state index in [1.165, 1.54) is 10.5 Å². The lowest BCUT2D eigenvalue weighted by molar-refractivity contribution is -0.890. The highest BCUT2D eigenvalue weighted by Gasteiger charge is 2.19. The summed E-state index contributed by atoms with van der Waals surface area (Å²) in [5.74, 6) is -0.159. The van der Waals surface area contributed by atoms with E-state index in [-0.39, 0.29) is 11.9 Å². The van der Waals surface area contributed by atoms with Crippen LogP contribution < -0.4 is 10.2 Å². The molecular weight excluding hydrogens is 364 g/mol. The van der Waals surface area contributed by atoms with Crippen molar-refractivity contribution in [3.63, 3.8) is 0 Å². The molecule has 0 aliphatic carbocycles. The summed E-state index contributed by atoms with van der Waals surface area (Å²) in [5.41, 5.74) is 1.68. The molecule has 0 fully saturated rings. The van der Waals surface area contributed by atoms with Crippen LogP contribution in [0, 0.1) is 0 Å². The number of hydrogen-bond donors (Lipinski definition) is 2. The summed E-state index contributed by atoms with van der Waals surface area (Å²) in [4.78, 5) is 13.6. The third-order valence-corrected chi connectivity index (χ3v) is 4.36. The van der Waals surface area contributed by atoms with E-state index in [4.69, 9.17) is 11.6 Å². The highest BCUT2D eigenvalue weighted by Crippen LogP contribution is 2.21. The van der Waals surface area contributed by atoms with E-state index in [1.54, 1.807) is 12.1 Å². The van der Waals surface area contributed by atoms with Crippen LogP contribution in [0.15, 0.2) is 53.0 Å². The first kappa shape index (κ1) is 17.0. The predicted octanol–water partition coefficient (Wildman–Crippen LogP) is 2.72. The summed E-state index contributed by atoms with van der Waals surface area (Å²) in [6, 6.07) is 15.6. The van der Waals surface area contributed by atoms with Crippen molar-refractivity contribution in [1.29, 1.82) is 0 Å². The second-order valence-electron chi connectivity index (χ2n) is 5.37. The summed E-state index contributed by atoms with van der Waals surface area (Å²) in [6.07, 6.45) is 0. The predicted molar refractivity (Wildman–Crippen MR) is 93.5 cm³/mol. The highest BCUT2D eigenvalue weighted by atomic mass is 79.9. The van der Waals surface area contributed by atoms with Gasteiger partial charge in [0.1, 0.15) is 6.04 Å². The standard InChI is InChI=1S/C17H18BrClN2O/c1-21(2)16(12-6-4-3-5-7-12)11-20-17(22)14-10-13(18)8-9-15(14)19/h3-10,16H,11H2,1-2H3,(H,20,22)/p+1/t16-/m0/s1. The zero-order valence-corrected chi connectivity index (χ0v) is 14.9. The van der Waals surface area contributed by atoms with E-state index in [0.29, 0.717) is 17.1 Å². The number of hydrogen-bond acceptors (Lipinski definition) is 1. The molecule has 0 saturated heterocycles. The SMILES string of the molecule is C[NH+](C)[C@@H](CNC(=O)c1cc(Br)ccc1Cl)c1ccccc1. The average Bonchev–Trinajstić information content (AvgIpc) is 2.50. The Hall–Kier alpha value is -1.36. The molecule has 0 unspecified atom stereocenters. The Kier molecular flexibility index (Phi) is 6.00. The summed E-state index contributed by atoms with van der Waals surface area (Å²) in [7, 11) is 4.16. The molecule has 0 heterocycles. The minimum atomic E-state index is -0.159. The molecule has 0 bridgehead atoms. The number of benzene rings is 2. The number of carbonyl (C=O) groups is 1. The van der Waals surface area contributed by atoms with Crippen molar-refractivity contribution in [1.82, 2.24) is 5.32 Å². The van der Waals surface area contributed by atoms with Crippen LogP contribution in [0.5, 0.6) is 0 Å². The van der Waals surface area contributed by atoms with Gasteiger partial charge in [0, 0.05) is 10.0 Å². The zero-order valence-electron chi connectivity index (χ0n) is 12.6. The van der Waals surface area contributed by atoms with Gasteiger partial charge in [-0.05, 0) is 18.2 Å². The van der Waals surface area contributed by atoms with E-state index < -0.39 is 0 Å². The quantitative estimate of drug-likeness (QED) is 0.819. The monoisotopic (exact) mass is 381 g/mol. The molecule has 1 amide bonds. The van der Waals surface area contributed by atoms with Crippen molar-refractivity contribution < 1.29 is 9.69 Å². The van der Waals surface area contributed by atoms with E-state index in [2.05, 4.69) is 47.5 Å². The van der Waals surface area contributed by atoms with E-state index in [9.17, 15) is 4.79 Å². The van der Waals surface area contributed by atoms with Crippen LogP contribution in [0.25, 0.3) is 0 Å². The van der Waals surface area contributed by atoms with Crippen LogP contribution in [0.2, 0.25) is 5.02 Å². The molecule has 0 aliphatic rings. The molecule has 22 heavy (non-hydrogen) atoms. The van der Waals surface area contributed by atoms with Crippen molar-refractivity contribution in [2.75, 3.05) is 20.6 Å². The molecule has 1 atom stereocenters. The molecule has 0 radical (unpaired) electrons. The summed E-state index contributed by atoms with van der Waals surface area (Å²) in [5, 5.41) is 3.43. The fourth-order valence-corrected chi connectivity index (χ4v) is 2.87. The molecule has 116 valence electrons. The second-order valence-corrected chi connectivity index (χ2v) is 6.70. The number of halogens is 2. The highest BCUT2D eigenvalue weighted by molar-refractivity contribution is 9.10. The Morgan fingerprint density at radius 1 is 1.23 bits per heavy atom. The molecule has 2 aromatic carbocycles. The lowest BCUT2D eigenvalue weighted by Gasteiger charge is -2.22.